The van der Waals surface area contributed by atoms with Gasteiger partial charge >= 0.3 is 0 Å². The van der Waals surface area contributed by atoms with E-state index in [1.807, 2.05) is 0 Å². The molecule has 0 bridgehead atoms. The first-order valence-corrected chi connectivity index (χ1v) is 39.7. The Hall–Kier alpha value is -12.2. The molecule has 1 aliphatic carbocycles. The van der Waals surface area contributed by atoms with Crippen LogP contribution in [-0.4, -0.2) is 11.3 Å². The second kappa shape index (κ2) is 26.0. The van der Waals surface area contributed by atoms with Crippen LogP contribution < -0.4 is 26.2 Å². The third kappa shape index (κ3) is 11.2. The van der Waals surface area contributed by atoms with E-state index < -0.39 is 5.41 Å². The number of para-hydroxylation sites is 1. The summed E-state index contributed by atoms with van der Waals surface area (Å²) < 4.78 is 2.57. The first kappa shape index (κ1) is 69.2. The summed E-state index contributed by atoms with van der Waals surface area (Å²) in [5.74, 6) is 0. The molecule has 0 amide bonds. The van der Waals surface area contributed by atoms with Crippen molar-refractivity contribution >= 4 is 79.0 Å². The van der Waals surface area contributed by atoms with Crippen LogP contribution in [0.1, 0.15) is 128 Å². The molecule has 538 valence electrons. The zero-order valence-corrected chi connectivity index (χ0v) is 65.8. The highest BCUT2D eigenvalue weighted by atomic mass is 15.2. The van der Waals surface area contributed by atoms with E-state index in [9.17, 15) is 0 Å². The molecule has 3 heterocycles. The summed E-state index contributed by atoms with van der Waals surface area (Å²) in [7, 11) is 0. The molecule has 16 aromatic rings. The molecule has 0 unspecified atom stereocenters. The number of fused-ring (bicyclic) bond motifs is 10. The molecule has 4 heteroatoms. The molecule has 0 saturated heterocycles. The van der Waals surface area contributed by atoms with E-state index in [2.05, 4.69) is 437 Å². The molecule has 3 nitrogen and oxygen atoms in total. The van der Waals surface area contributed by atoms with Crippen LogP contribution in [0.3, 0.4) is 0 Å². The first-order chi connectivity index (χ1) is 53.6. The Morgan fingerprint density at radius 2 is 0.640 bits per heavy atom. The smallest absolute Gasteiger partial charge is 0.252 e. The number of hydrogen-bond acceptors (Lipinski definition) is 2. The largest absolute Gasteiger partial charge is 0.310 e. The Bertz CT molecular complexity index is 6110. The average Bonchev–Trinajstić information content (AvgIpc) is 1.66. The summed E-state index contributed by atoms with van der Waals surface area (Å²) in [6.45, 7) is 28.0. The molecule has 0 saturated carbocycles. The van der Waals surface area contributed by atoms with Gasteiger partial charge in [-0.3, -0.25) is 0 Å². The van der Waals surface area contributed by atoms with Gasteiger partial charge in [0.25, 0.3) is 6.71 Å². The third-order valence-electron chi connectivity index (χ3n) is 24.2. The lowest BCUT2D eigenvalue weighted by molar-refractivity contribution is 0.590. The van der Waals surface area contributed by atoms with Gasteiger partial charge in [0, 0.05) is 61.5 Å². The van der Waals surface area contributed by atoms with E-state index in [1.165, 1.54) is 111 Å². The van der Waals surface area contributed by atoms with E-state index in [4.69, 9.17) is 0 Å². The SMILES string of the molecule is CC(C)(C)c1cc(-c2ccccc2)c(N2c3ccccc3B3c4ccc(-n5c6ccc(C(C)(C)C)cc6c6cc(C(C)(C)C)ccc65)cc4N(c4c(-c5ccccc5)cc(C(C)(C)C)cc4-c4ccccc4)c4cc(-c5cccc6c5C(c5ccccc5)(c5ccccc5)c5ccccc5-6)cc2c43)c(-c2ccccc2)c1. The lowest BCUT2D eigenvalue weighted by atomic mass is 9.33. The lowest BCUT2D eigenvalue weighted by Gasteiger charge is -2.46. The lowest BCUT2D eigenvalue weighted by Crippen LogP contribution is -2.61. The van der Waals surface area contributed by atoms with Gasteiger partial charge in [0.2, 0.25) is 0 Å². The van der Waals surface area contributed by atoms with Gasteiger partial charge in [-0.15, -0.1) is 0 Å². The van der Waals surface area contributed by atoms with Crippen LogP contribution in [0.25, 0.3) is 94.3 Å². The molecule has 0 radical (unpaired) electrons. The molecule has 15 aromatic carbocycles. The number of aromatic nitrogens is 1. The van der Waals surface area contributed by atoms with E-state index in [0.717, 1.165) is 78.8 Å². The minimum atomic E-state index is -0.731. The van der Waals surface area contributed by atoms with Crippen molar-refractivity contribution in [3.8, 4) is 72.4 Å². The van der Waals surface area contributed by atoms with Gasteiger partial charge < -0.3 is 14.4 Å². The predicted molar refractivity (Wildman–Crippen MR) is 474 cm³/mol. The maximum Gasteiger partial charge on any atom is 0.252 e. The van der Waals surface area contributed by atoms with Gasteiger partial charge in [-0.1, -0.05) is 344 Å². The number of nitrogens with zero attached hydrogens (tertiary/aromatic N) is 3. The molecule has 111 heavy (non-hydrogen) atoms. The maximum absolute atomic E-state index is 2.77. The van der Waals surface area contributed by atoms with E-state index in [-0.39, 0.29) is 28.4 Å². The Morgan fingerprint density at radius 3 is 1.09 bits per heavy atom. The second-order valence-corrected chi connectivity index (χ2v) is 35.2. The molecule has 0 spiro atoms. The van der Waals surface area contributed by atoms with Crippen LogP contribution in [0.5, 0.6) is 0 Å². The van der Waals surface area contributed by atoms with Gasteiger partial charge in [0.1, 0.15) is 0 Å². The quantitative estimate of drug-likeness (QED) is 0.126. The van der Waals surface area contributed by atoms with Gasteiger partial charge in [0.15, 0.2) is 0 Å². The summed E-state index contributed by atoms with van der Waals surface area (Å²) in [6, 6.07) is 131. The van der Waals surface area contributed by atoms with E-state index in [1.54, 1.807) is 0 Å². The number of hydrogen-bond donors (Lipinski definition) is 0. The van der Waals surface area contributed by atoms with Gasteiger partial charge in [0.05, 0.1) is 27.8 Å². The van der Waals surface area contributed by atoms with E-state index in [0.29, 0.717) is 0 Å². The van der Waals surface area contributed by atoms with Crippen molar-refractivity contribution in [2.75, 3.05) is 9.80 Å². The molecule has 3 aliphatic rings. The fraction of sp³-hybridized carbons (Fsp3) is 0.159. The van der Waals surface area contributed by atoms with Crippen molar-refractivity contribution in [1.29, 1.82) is 0 Å². The maximum atomic E-state index is 2.77. The molecule has 1 aromatic heterocycles. The van der Waals surface area contributed by atoms with Crippen LogP contribution in [0, 0.1) is 0 Å². The van der Waals surface area contributed by atoms with Gasteiger partial charge in [-0.05, 0) is 206 Å². The topological polar surface area (TPSA) is 11.4 Å². The van der Waals surface area contributed by atoms with Crippen LogP contribution in [-0.2, 0) is 27.1 Å². The van der Waals surface area contributed by atoms with Crippen molar-refractivity contribution in [3.63, 3.8) is 0 Å². The van der Waals surface area contributed by atoms with Gasteiger partial charge in [-0.2, -0.15) is 0 Å². The number of anilines is 6. The van der Waals surface area contributed by atoms with Crippen LogP contribution in [0.2, 0.25) is 0 Å². The molecular formula is C107H92BN3. The number of rotatable bonds is 10. The van der Waals surface area contributed by atoms with E-state index >= 15 is 0 Å². The molecule has 0 N–H and O–H groups in total. The fourth-order valence-corrected chi connectivity index (χ4v) is 18.7. The average molecular weight is 1430 g/mol. The highest BCUT2D eigenvalue weighted by Crippen LogP contribution is 2.61. The first-order valence-electron chi connectivity index (χ1n) is 39.7. The highest BCUT2D eigenvalue weighted by molar-refractivity contribution is 7.00. The van der Waals surface area contributed by atoms with Gasteiger partial charge in [-0.25, -0.2) is 0 Å². The molecule has 2 aliphatic heterocycles. The minimum absolute atomic E-state index is 0.0699. The third-order valence-corrected chi connectivity index (χ3v) is 24.2. The van der Waals surface area contributed by atoms with Crippen LogP contribution in [0.15, 0.2) is 340 Å². The highest BCUT2D eigenvalue weighted by Gasteiger charge is 2.50. The van der Waals surface area contributed by atoms with Crippen molar-refractivity contribution in [1.82, 2.24) is 4.57 Å². The molecular weight excluding hydrogens is 1340 g/mol. The summed E-state index contributed by atoms with van der Waals surface area (Å²) in [5, 5.41) is 2.52. The van der Waals surface area contributed by atoms with Crippen LogP contribution >= 0.6 is 0 Å². The normalized spacial score (nSPS) is 13.6. The van der Waals surface area contributed by atoms with Crippen molar-refractivity contribution in [2.45, 2.75) is 110 Å². The minimum Gasteiger partial charge on any atom is -0.310 e. The summed E-state index contributed by atoms with van der Waals surface area (Å²) in [4.78, 5) is 5.49. The Labute approximate surface area is 655 Å². The monoisotopic (exact) mass is 1430 g/mol. The predicted octanol–water partition coefficient (Wildman–Crippen LogP) is 26.8. The zero-order valence-electron chi connectivity index (χ0n) is 65.8. The standard InChI is InChI=1S/C107H92BN3/c1-103(2,3)76-54-58-93-88(62-76)89-63-77(104(4,5)6)55-59-94(89)109(93)80-56-57-92-96(68-80)111(102-86(71-40-23-15-24-41-71)66-79(106(10,11)12)67-87(102)72-42-25-16-26-43-72)98-61-73(81-49-35-50-83-82-48-31-32-51-90(82)107(99(81)83,74-44-27-17-28-45-74)75-46-29-18-30-47-75)60-97-100(98)108(92)91-52-33-34-53-95(91)110(97)101-84(69-36-19-13-20-37-69)64-78(105(7,8)9)65-85(101)70-38-21-14-22-39-70/h13-68H,1-12H3. The number of benzene rings is 15. The fourth-order valence-electron chi connectivity index (χ4n) is 18.7. The van der Waals surface area contributed by atoms with Crippen molar-refractivity contribution in [2.24, 2.45) is 0 Å². The molecule has 19 rings (SSSR count). The Balaban J connectivity index is 1.02. The summed E-state index contributed by atoms with van der Waals surface area (Å²) in [6.07, 6.45) is 0. The Morgan fingerprint density at radius 1 is 0.261 bits per heavy atom. The second-order valence-electron chi connectivity index (χ2n) is 35.2. The zero-order chi connectivity index (χ0) is 76.0. The van der Waals surface area contributed by atoms with Crippen molar-refractivity contribution < 1.29 is 0 Å². The summed E-state index contributed by atoms with van der Waals surface area (Å²) >= 11 is 0. The summed E-state index contributed by atoms with van der Waals surface area (Å²) in [5.41, 5.74) is 36.8. The van der Waals surface area contributed by atoms with Crippen LogP contribution in [0.4, 0.5) is 34.1 Å². The molecule has 0 atom stereocenters. The van der Waals surface area contributed by atoms with Crippen molar-refractivity contribution in [3.05, 3.63) is 384 Å². The molecule has 0 fully saturated rings. The Kier molecular flexibility index (Phi) is 16.2.